The molecule has 0 spiro atoms. The maximum atomic E-state index is 4.31. The van der Waals surface area contributed by atoms with Gasteiger partial charge in [-0.15, -0.1) is 24.0 Å². The number of halogens is 1. The Morgan fingerprint density at radius 2 is 1.78 bits per heavy atom. The summed E-state index contributed by atoms with van der Waals surface area (Å²) in [4.78, 5) is 11.8. The van der Waals surface area contributed by atoms with Gasteiger partial charge in [0.1, 0.15) is 0 Å². The molecule has 0 unspecified atom stereocenters. The molecule has 0 fully saturated rings. The normalized spacial score (nSPS) is 11.3. The number of pyridine rings is 1. The lowest BCUT2D eigenvalue weighted by atomic mass is 10.1. The van der Waals surface area contributed by atoms with E-state index in [0.29, 0.717) is 0 Å². The fraction of sp³-hybridized carbons (Fsp3) is 0.333. The van der Waals surface area contributed by atoms with Crippen molar-refractivity contribution in [3.63, 3.8) is 0 Å². The highest BCUT2D eigenvalue weighted by Crippen LogP contribution is 2.22. The van der Waals surface area contributed by atoms with Gasteiger partial charge in [-0.3, -0.25) is 9.98 Å². The molecule has 2 heterocycles. The summed E-state index contributed by atoms with van der Waals surface area (Å²) in [5, 5.41) is 8.13. The van der Waals surface area contributed by atoms with Crippen LogP contribution in [0.1, 0.15) is 22.3 Å². The van der Waals surface area contributed by atoms with Crippen molar-refractivity contribution < 1.29 is 0 Å². The Bertz CT molecular complexity index is 900. The van der Waals surface area contributed by atoms with Gasteiger partial charge < -0.3 is 15.6 Å². The second kappa shape index (κ2) is 10.3. The second-order valence-corrected chi connectivity index (χ2v) is 6.54. The number of H-pyrrole nitrogens is 1. The number of aliphatic imine (C=N–C) groups is 1. The van der Waals surface area contributed by atoms with Crippen LogP contribution in [0.3, 0.4) is 0 Å². The molecule has 0 saturated carbocycles. The molecule has 2 aromatic heterocycles. The molecule has 1 aromatic carbocycles. The number of aromatic nitrogens is 2. The van der Waals surface area contributed by atoms with Crippen LogP contribution >= 0.6 is 24.0 Å². The molecular weight excluding hydrogens is 449 g/mol. The molecule has 6 heteroatoms. The lowest BCUT2D eigenvalue weighted by Gasteiger charge is -2.12. The third-order valence-electron chi connectivity index (χ3n) is 4.73. The van der Waals surface area contributed by atoms with Crippen LogP contribution in [0.4, 0.5) is 0 Å². The molecule has 0 aliphatic rings. The number of hydrogen-bond donors (Lipinski definition) is 3. The van der Waals surface area contributed by atoms with E-state index in [0.717, 1.165) is 31.9 Å². The highest BCUT2D eigenvalue weighted by molar-refractivity contribution is 14.0. The topological polar surface area (TPSA) is 65.1 Å². The van der Waals surface area contributed by atoms with Gasteiger partial charge in [-0.2, -0.15) is 0 Å². The predicted molar refractivity (Wildman–Crippen MR) is 124 cm³/mol. The number of nitrogens with one attached hydrogen (secondary N) is 3. The Labute approximate surface area is 178 Å². The van der Waals surface area contributed by atoms with Crippen LogP contribution in [0.2, 0.25) is 0 Å². The van der Waals surface area contributed by atoms with Gasteiger partial charge in [0.05, 0.1) is 0 Å². The van der Waals surface area contributed by atoms with Crippen molar-refractivity contribution in [3.8, 4) is 0 Å². The van der Waals surface area contributed by atoms with Gasteiger partial charge in [0.2, 0.25) is 0 Å². The molecule has 3 aromatic rings. The van der Waals surface area contributed by atoms with Crippen LogP contribution in [0.25, 0.3) is 10.9 Å². The van der Waals surface area contributed by atoms with Crippen LogP contribution in [0.5, 0.6) is 0 Å². The molecule has 0 amide bonds. The number of rotatable bonds is 6. The lowest BCUT2D eigenvalue weighted by Crippen LogP contribution is -2.39. The predicted octanol–water partition coefficient (Wildman–Crippen LogP) is 3.75. The molecule has 0 aliphatic heterocycles. The summed E-state index contributed by atoms with van der Waals surface area (Å²) in [6.45, 7) is 5.94. The number of aryl methyl sites for hydroxylation is 2. The summed E-state index contributed by atoms with van der Waals surface area (Å²) in [6.07, 6.45) is 7.78. The molecule has 0 bridgehead atoms. The van der Waals surface area contributed by atoms with Gasteiger partial charge in [0, 0.05) is 49.6 Å². The lowest BCUT2D eigenvalue weighted by molar-refractivity contribution is 0.783. The average molecular weight is 477 g/mol. The standard InChI is InChI=1S/C21H27N5.HI/c1-15-5-4-6-19-20(15)18(14-26-19)9-12-25-21(22-3)24-11-8-17-7-10-23-13-16(17)2;/h4-7,10,13-14,26H,8-9,11-12H2,1-3H3,(H2,22,24,25);1H. The molecular formula is C21H28IN5. The van der Waals surface area contributed by atoms with Crippen LogP contribution in [0.15, 0.2) is 47.8 Å². The Kier molecular flexibility index (Phi) is 8.09. The zero-order chi connectivity index (χ0) is 18.4. The summed E-state index contributed by atoms with van der Waals surface area (Å²) in [6, 6.07) is 8.45. The highest BCUT2D eigenvalue weighted by Gasteiger charge is 2.06. The van der Waals surface area contributed by atoms with E-state index < -0.39 is 0 Å². The SMILES string of the molecule is CN=C(NCCc1ccncc1C)NCCc1c[nH]c2cccc(C)c12.I. The number of aromatic amines is 1. The fourth-order valence-electron chi connectivity index (χ4n) is 3.28. The maximum absolute atomic E-state index is 4.31. The van der Waals surface area contributed by atoms with Gasteiger partial charge in [0.15, 0.2) is 5.96 Å². The van der Waals surface area contributed by atoms with Crippen molar-refractivity contribution in [2.24, 2.45) is 4.99 Å². The number of guanidine groups is 1. The first-order chi connectivity index (χ1) is 12.7. The van der Waals surface area contributed by atoms with E-state index in [1.807, 2.05) is 19.4 Å². The monoisotopic (exact) mass is 477 g/mol. The first-order valence-electron chi connectivity index (χ1n) is 9.08. The van der Waals surface area contributed by atoms with Crippen molar-refractivity contribution >= 4 is 40.8 Å². The number of fused-ring (bicyclic) bond motifs is 1. The van der Waals surface area contributed by atoms with Crippen LogP contribution < -0.4 is 10.6 Å². The summed E-state index contributed by atoms with van der Waals surface area (Å²) in [7, 11) is 1.81. The van der Waals surface area contributed by atoms with E-state index in [1.165, 1.54) is 33.2 Å². The zero-order valence-electron chi connectivity index (χ0n) is 16.2. The Balaban J connectivity index is 0.00000261. The van der Waals surface area contributed by atoms with Crippen molar-refractivity contribution in [3.05, 3.63) is 65.1 Å². The van der Waals surface area contributed by atoms with Gasteiger partial charge in [-0.25, -0.2) is 0 Å². The minimum absolute atomic E-state index is 0. The quantitative estimate of drug-likeness (QED) is 0.288. The van der Waals surface area contributed by atoms with Gasteiger partial charge in [-0.1, -0.05) is 12.1 Å². The van der Waals surface area contributed by atoms with E-state index in [-0.39, 0.29) is 24.0 Å². The van der Waals surface area contributed by atoms with E-state index in [1.54, 1.807) is 0 Å². The third-order valence-corrected chi connectivity index (χ3v) is 4.73. The number of hydrogen-bond acceptors (Lipinski definition) is 2. The van der Waals surface area contributed by atoms with E-state index in [2.05, 4.69) is 69.9 Å². The van der Waals surface area contributed by atoms with E-state index in [9.17, 15) is 0 Å². The molecule has 0 atom stereocenters. The number of benzene rings is 1. The summed E-state index contributed by atoms with van der Waals surface area (Å²) >= 11 is 0. The van der Waals surface area contributed by atoms with Crippen molar-refractivity contribution in [1.82, 2.24) is 20.6 Å². The Hall–Kier alpha value is -2.09. The maximum Gasteiger partial charge on any atom is 0.190 e. The molecule has 0 aliphatic carbocycles. The Morgan fingerprint density at radius 3 is 2.48 bits per heavy atom. The third kappa shape index (κ3) is 5.45. The van der Waals surface area contributed by atoms with Crippen LogP contribution in [-0.2, 0) is 12.8 Å². The van der Waals surface area contributed by atoms with Gasteiger partial charge >= 0.3 is 0 Å². The summed E-state index contributed by atoms with van der Waals surface area (Å²) < 4.78 is 0. The largest absolute Gasteiger partial charge is 0.361 e. The first kappa shape index (κ1) is 21.2. The van der Waals surface area contributed by atoms with Crippen LogP contribution in [-0.4, -0.2) is 36.1 Å². The Morgan fingerprint density at radius 1 is 1.04 bits per heavy atom. The van der Waals surface area contributed by atoms with Gasteiger partial charge in [0.25, 0.3) is 0 Å². The molecule has 0 saturated heterocycles. The molecule has 5 nitrogen and oxygen atoms in total. The molecule has 144 valence electrons. The zero-order valence-corrected chi connectivity index (χ0v) is 18.5. The molecule has 3 rings (SSSR count). The van der Waals surface area contributed by atoms with Crippen molar-refractivity contribution in [2.45, 2.75) is 26.7 Å². The smallest absolute Gasteiger partial charge is 0.190 e. The average Bonchev–Trinajstić information content (AvgIpc) is 3.06. The van der Waals surface area contributed by atoms with Gasteiger partial charge in [-0.05, 0) is 61.1 Å². The fourth-order valence-corrected chi connectivity index (χ4v) is 3.28. The molecule has 3 N–H and O–H groups in total. The second-order valence-electron chi connectivity index (χ2n) is 6.54. The van der Waals surface area contributed by atoms with Crippen molar-refractivity contribution in [1.29, 1.82) is 0 Å². The molecule has 0 radical (unpaired) electrons. The van der Waals surface area contributed by atoms with E-state index in [4.69, 9.17) is 0 Å². The van der Waals surface area contributed by atoms with Crippen molar-refractivity contribution in [2.75, 3.05) is 20.1 Å². The minimum atomic E-state index is 0. The summed E-state index contributed by atoms with van der Waals surface area (Å²) in [5.74, 6) is 0.841. The summed E-state index contributed by atoms with van der Waals surface area (Å²) in [5.41, 5.74) is 6.40. The molecule has 27 heavy (non-hydrogen) atoms. The van der Waals surface area contributed by atoms with Crippen LogP contribution in [0, 0.1) is 13.8 Å². The first-order valence-corrected chi connectivity index (χ1v) is 9.08. The minimum Gasteiger partial charge on any atom is -0.361 e. The highest BCUT2D eigenvalue weighted by atomic mass is 127. The number of nitrogens with zero attached hydrogens (tertiary/aromatic N) is 2. The van der Waals surface area contributed by atoms with E-state index >= 15 is 0 Å².